The van der Waals surface area contributed by atoms with Crippen molar-refractivity contribution in [3.05, 3.63) is 30.7 Å². The number of hydrogen-bond acceptors (Lipinski definition) is 6. The summed E-state index contributed by atoms with van der Waals surface area (Å²) in [6, 6.07) is 1.76. The van der Waals surface area contributed by atoms with Crippen LogP contribution in [0.25, 0.3) is 0 Å². The van der Waals surface area contributed by atoms with E-state index in [-0.39, 0.29) is 5.91 Å². The largest absolute Gasteiger partial charge is 0.357 e. The van der Waals surface area contributed by atoms with Crippen LogP contribution in [0.5, 0.6) is 0 Å². The maximum atomic E-state index is 12.1. The molecule has 2 aromatic rings. The van der Waals surface area contributed by atoms with Gasteiger partial charge in [0.15, 0.2) is 0 Å². The predicted molar refractivity (Wildman–Crippen MR) is 80.5 cm³/mol. The molecular weight excluding hydrogens is 282 g/mol. The Hall–Kier alpha value is -2.51. The first-order valence-electron chi connectivity index (χ1n) is 7.50. The van der Waals surface area contributed by atoms with Gasteiger partial charge in [-0.1, -0.05) is 0 Å². The van der Waals surface area contributed by atoms with Crippen molar-refractivity contribution in [2.45, 2.75) is 25.8 Å². The molecule has 1 saturated heterocycles. The number of nitrogens with one attached hydrogen (secondary N) is 1. The zero-order chi connectivity index (χ0) is 15.2. The van der Waals surface area contributed by atoms with E-state index in [0.717, 1.165) is 18.9 Å². The predicted octanol–water partition coefficient (Wildman–Crippen LogP) is 0.488. The van der Waals surface area contributed by atoms with E-state index in [2.05, 4.69) is 30.3 Å². The van der Waals surface area contributed by atoms with Gasteiger partial charge in [0.25, 0.3) is 5.91 Å². The average Bonchev–Trinajstić information content (AvgIpc) is 3.09. The highest BCUT2D eigenvalue weighted by atomic mass is 16.1. The van der Waals surface area contributed by atoms with Gasteiger partial charge in [-0.25, -0.2) is 15.0 Å². The first-order chi connectivity index (χ1) is 10.8. The quantitative estimate of drug-likeness (QED) is 0.864. The molecule has 116 valence electrons. The van der Waals surface area contributed by atoms with E-state index < -0.39 is 0 Å². The van der Waals surface area contributed by atoms with Crippen LogP contribution in [0, 0.1) is 0 Å². The number of anilines is 1. The molecule has 0 bridgehead atoms. The van der Waals surface area contributed by atoms with E-state index in [9.17, 15) is 4.79 Å². The van der Waals surface area contributed by atoms with Gasteiger partial charge in [0.2, 0.25) is 0 Å². The Balaban J connectivity index is 1.57. The lowest BCUT2D eigenvalue weighted by atomic mass is 10.1. The minimum Gasteiger partial charge on any atom is -0.357 e. The molecule has 1 fully saturated rings. The Labute approximate surface area is 128 Å². The highest BCUT2D eigenvalue weighted by Gasteiger charge is 2.15. The van der Waals surface area contributed by atoms with Gasteiger partial charge in [0.1, 0.15) is 30.5 Å². The summed E-state index contributed by atoms with van der Waals surface area (Å²) < 4.78 is 1.67. The number of rotatable bonds is 5. The van der Waals surface area contributed by atoms with Crippen LogP contribution in [0.1, 0.15) is 29.8 Å². The number of carbonyl (C=O) groups is 1. The molecule has 0 saturated carbocycles. The van der Waals surface area contributed by atoms with Gasteiger partial charge in [0.05, 0.1) is 6.54 Å². The highest BCUT2D eigenvalue weighted by molar-refractivity contribution is 5.92. The molecule has 0 spiro atoms. The summed E-state index contributed by atoms with van der Waals surface area (Å²) in [6.07, 6.45) is 8.14. The topological polar surface area (TPSA) is 88.8 Å². The van der Waals surface area contributed by atoms with Gasteiger partial charge in [-0.3, -0.25) is 9.48 Å². The van der Waals surface area contributed by atoms with Gasteiger partial charge in [0, 0.05) is 25.7 Å². The fourth-order valence-electron chi connectivity index (χ4n) is 2.49. The summed E-state index contributed by atoms with van der Waals surface area (Å²) in [6.45, 7) is 3.04. The molecule has 3 rings (SSSR count). The molecular formula is C14H19N7O. The summed E-state index contributed by atoms with van der Waals surface area (Å²) in [5.41, 5.74) is 0.397. The first kappa shape index (κ1) is 14.4. The number of carbonyl (C=O) groups excluding carboxylic acids is 1. The molecule has 1 amide bonds. The smallest absolute Gasteiger partial charge is 0.270 e. The van der Waals surface area contributed by atoms with Crippen molar-refractivity contribution >= 4 is 11.7 Å². The van der Waals surface area contributed by atoms with Crippen LogP contribution in [0.3, 0.4) is 0 Å². The second kappa shape index (κ2) is 6.97. The van der Waals surface area contributed by atoms with Crippen LogP contribution in [0.4, 0.5) is 5.82 Å². The van der Waals surface area contributed by atoms with Gasteiger partial charge in [-0.15, -0.1) is 0 Å². The minimum atomic E-state index is -0.194. The molecule has 0 aromatic carbocycles. The molecule has 1 aliphatic rings. The summed E-state index contributed by atoms with van der Waals surface area (Å²) in [5.74, 6) is 0.636. The maximum absolute atomic E-state index is 12.1. The summed E-state index contributed by atoms with van der Waals surface area (Å²) in [4.78, 5) is 26.5. The number of piperidine rings is 1. The molecule has 1 aliphatic heterocycles. The van der Waals surface area contributed by atoms with Crippen LogP contribution in [0.2, 0.25) is 0 Å². The second-order valence-electron chi connectivity index (χ2n) is 5.22. The lowest BCUT2D eigenvalue weighted by Crippen LogP contribution is -2.31. The standard InChI is InChI=1S/C14H19N7O/c22-14(16-4-7-21-11-15-9-19-21)12-8-13(18-10-17-12)20-5-2-1-3-6-20/h8-11H,1-7H2,(H,16,22). The number of nitrogens with zero attached hydrogens (tertiary/aromatic N) is 6. The Morgan fingerprint density at radius 2 is 2.05 bits per heavy atom. The molecule has 8 heteroatoms. The Morgan fingerprint density at radius 3 is 2.82 bits per heavy atom. The fraction of sp³-hybridized carbons (Fsp3) is 0.500. The molecule has 22 heavy (non-hydrogen) atoms. The number of hydrogen-bond donors (Lipinski definition) is 1. The average molecular weight is 301 g/mol. The van der Waals surface area contributed by atoms with E-state index in [1.54, 1.807) is 17.1 Å². The molecule has 0 unspecified atom stereocenters. The zero-order valence-corrected chi connectivity index (χ0v) is 12.4. The van der Waals surface area contributed by atoms with E-state index in [1.165, 1.54) is 31.9 Å². The summed E-state index contributed by atoms with van der Waals surface area (Å²) >= 11 is 0. The van der Waals surface area contributed by atoms with E-state index in [4.69, 9.17) is 0 Å². The van der Waals surface area contributed by atoms with E-state index in [1.807, 2.05) is 0 Å². The number of amides is 1. The van der Waals surface area contributed by atoms with Gasteiger partial charge in [-0.2, -0.15) is 5.10 Å². The molecule has 8 nitrogen and oxygen atoms in total. The van der Waals surface area contributed by atoms with Crippen LogP contribution < -0.4 is 10.2 Å². The minimum absolute atomic E-state index is 0.194. The Bertz CT molecular complexity index is 607. The lowest BCUT2D eigenvalue weighted by Gasteiger charge is -2.27. The van der Waals surface area contributed by atoms with Crippen molar-refractivity contribution in [1.82, 2.24) is 30.0 Å². The SMILES string of the molecule is O=C(NCCn1cncn1)c1cc(N2CCCCC2)ncn1. The zero-order valence-electron chi connectivity index (χ0n) is 12.4. The van der Waals surface area contributed by atoms with Crippen molar-refractivity contribution in [1.29, 1.82) is 0 Å². The van der Waals surface area contributed by atoms with Crippen LogP contribution >= 0.6 is 0 Å². The van der Waals surface area contributed by atoms with Gasteiger partial charge in [-0.05, 0) is 19.3 Å². The Morgan fingerprint density at radius 1 is 1.18 bits per heavy atom. The van der Waals surface area contributed by atoms with Crippen LogP contribution in [-0.2, 0) is 6.54 Å². The molecule has 0 atom stereocenters. The Kier molecular flexibility index (Phi) is 4.57. The monoisotopic (exact) mass is 301 g/mol. The van der Waals surface area contributed by atoms with Crippen LogP contribution in [-0.4, -0.2) is 50.3 Å². The summed E-state index contributed by atoms with van der Waals surface area (Å²) in [5, 5.41) is 6.81. The lowest BCUT2D eigenvalue weighted by molar-refractivity contribution is 0.0947. The highest BCUT2D eigenvalue weighted by Crippen LogP contribution is 2.17. The van der Waals surface area contributed by atoms with Crippen molar-refractivity contribution in [3.63, 3.8) is 0 Å². The van der Waals surface area contributed by atoms with Crippen molar-refractivity contribution in [2.75, 3.05) is 24.5 Å². The van der Waals surface area contributed by atoms with E-state index in [0.29, 0.717) is 18.8 Å². The third-order valence-corrected chi connectivity index (χ3v) is 3.66. The second-order valence-corrected chi connectivity index (χ2v) is 5.22. The van der Waals surface area contributed by atoms with E-state index >= 15 is 0 Å². The molecule has 2 aromatic heterocycles. The van der Waals surface area contributed by atoms with Crippen molar-refractivity contribution < 1.29 is 4.79 Å². The maximum Gasteiger partial charge on any atom is 0.270 e. The third-order valence-electron chi connectivity index (χ3n) is 3.66. The fourth-order valence-corrected chi connectivity index (χ4v) is 2.49. The van der Waals surface area contributed by atoms with Crippen LogP contribution in [0.15, 0.2) is 25.0 Å². The number of aromatic nitrogens is 5. The normalized spacial score (nSPS) is 14.8. The molecule has 3 heterocycles. The molecule has 1 N–H and O–H groups in total. The third kappa shape index (κ3) is 3.57. The van der Waals surface area contributed by atoms with Crippen molar-refractivity contribution in [2.24, 2.45) is 0 Å². The van der Waals surface area contributed by atoms with Crippen molar-refractivity contribution in [3.8, 4) is 0 Å². The molecule has 0 aliphatic carbocycles. The molecule has 0 radical (unpaired) electrons. The first-order valence-corrected chi connectivity index (χ1v) is 7.50. The van der Waals surface area contributed by atoms with Gasteiger partial charge < -0.3 is 10.2 Å². The van der Waals surface area contributed by atoms with Gasteiger partial charge >= 0.3 is 0 Å². The summed E-state index contributed by atoms with van der Waals surface area (Å²) in [7, 11) is 0.